The summed E-state index contributed by atoms with van der Waals surface area (Å²) in [5.41, 5.74) is 0. The molecule has 0 aromatic rings. The van der Waals surface area contributed by atoms with Crippen molar-refractivity contribution in [3.8, 4) is 0 Å². The third-order valence-electron chi connectivity index (χ3n) is 2.10. The van der Waals surface area contributed by atoms with E-state index < -0.39 is 0 Å². The van der Waals surface area contributed by atoms with Gasteiger partial charge in [0.1, 0.15) is 6.17 Å². The molecule has 0 saturated heterocycles. The number of hydrogen-bond acceptors (Lipinski definition) is 2. The molecule has 0 aromatic heterocycles. The minimum atomic E-state index is 0.398. The average Bonchev–Trinajstić information content (AvgIpc) is 2.58. The molecule has 0 aromatic carbocycles. The molecule has 0 N–H and O–H groups in total. The highest BCUT2D eigenvalue weighted by molar-refractivity contribution is 5.72. The van der Waals surface area contributed by atoms with Crippen LogP contribution in [-0.2, 0) is 0 Å². The van der Waals surface area contributed by atoms with Gasteiger partial charge in [-0.15, -0.1) is 0 Å². The third kappa shape index (κ3) is 1.40. The van der Waals surface area contributed by atoms with Crippen molar-refractivity contribution in [3.63, 3.8) is 0 Å². The van der Waals surface area contributed by atoms with Crippen LogP contribution in [0, 0.1) is 0 Å². The first-order valence-electron chi connectivity index (χ1n) is 4.04. The number of dihydropyridines is 1. The third-order valence-corrected chi connectivity index (χ3v) is 2.10. The quantitative estimate of drug-likeness (QED) is 0.510. The van der Waals surface area contributed by atoms with Gasteiger partial charge in [0, 0.05) is 25.7 Å². The van der Waals surface area contributed by atoms with Gasteiger partial charge in [0.05, 0.1) is 0 Å². The minimum Gasteiger partial charge on any atom is -0.274 e. The molecule has 58 valence electrons. The molecule has 0 amide bonds. The molecule has 2 nitrogen and oxygen atoms in total. The second kappa shape index (κ2) is 3.01. The molecule has 0 saturated carbocycles. The number of nitrogens with zero attached hydrogens (tertiary/aromatic N) is 2. The predicted octanol–water partition coefficient (Wildman–Crippen LogP) is 1.22. The highest BCUT2D eigenvalue weighted by atomic mass is 15.2. The van der Waals surface area contributed by atoms with Crippen molar-refractivity contribution in [1.82, 2.24) is 4.90 Å². The highest BCUT2D eigenvalue weighted by Gasteiger charge is 2.16. The van der Waals surface area contributed by atoms with Crippen LogP contribution >= 0.6 is 0 Å². The van der Waals surface area contributed by atoms with Gasteiger partial charge in [0.25, 0.3) is 0 Å². The first-order chi connectivity index (χ1) is 5.47. The zero-order valence-corrected chi connectivity index (χ0v) is 6.48. The van der Waals surface area contributed by atoms with Crippen LogP contribution in [0.2, 0.25) is 0 Å². The molecule has 2 aliphatic rings. The normalized spacial score (nSPS) is 30.0. The summed E-state index contributed by atoms with van der Waals surface area (Å²) in [5.74, 6) is 0. The van der Waals surface area contributed by atoms with Crippen LogP contribution in [0.3, 0.4) is 0 Å². The van der Waals surface area contributed by atoms with Crippen LogP contribution in [0.1, 0.15) is 6.42 Å². The minimum absolute atomic E-state index is 0.398. The Morgan fingerprint density at radius 2 is 2.00 bits per heavy atom. The topological polar surface area (TPSA) is 15.6 Å². The predicted molar refractivity (Wildman–Crippen MR) is 46.8 cm³/mol. The fourth-order valence-electron chi connectivity index (χ4n) is 1.45. The van der Waals surface area contributed by atoms with Crippen molar-refractivity contribution >= 4 is 6.21 Å². The van der Waals surface area contributed by atoms with Crippen molar-refractivity contribution in [1.29, 1.82) is 0 Å². The van der Waals surface area contributed by atoms with Gasteiger partial charge in [-0.25, -0.2) is 0 Å². The molecule has 2 aliphatic heterocycles. The van der Waals surface area contributed by atoms with Gasteiger partial charge in [0.15, 0.2) is 0 Å². The molecule has 0 aliphatic carbocycles. The Balaban J connectivity index is 1.95. The standard InChI is InChI=1S/C9H12N2/c1-2-6-10-9(5-1)11-7-3-4-8-11/h1-4,6,9H,5,7-8H2. The smallest absolute Gasteiger partial charge is 0.106 e. The SMILES string of the molecule is C1=CCC(N2CC=CC2)N=C1. The average molecular weight is 148 g/mol. The maximum absolute atomic E-state index is 4.39. The van der Waals surface area contributed by atoms with Crippen molar-refractivity contribution < 1.29 is 0 Å². The molecule has 2 heterocycles. The van der Waals surface area contributed by atoms with Crippen molar-refractivity contribution in [2.75, 3.05) is 13.1 Å². The van der Waals surface area contributed by atoms with Crippen LogP contribution < -0.4 is 0 Å². The summed E-state index contributed by atoms with van der Waals surface area (Å²) in [5, 5.41) is 0. The van der Waals surface area contributed by atoms with Gasteiger partial charge < -0.3 is 0 Å². The number of hydrogen-bond donors (Lipinski definition) is 0. The molecule has 2 heteroatoms. The van der Waals surface area contributed by atoms with Gasteiger partial charge in [-0.3, -0.25) is 9.89 Å². The molecular weight excluding hydrogens is 136 g/mol. The van der Waals surface area contributed by atoms with E-state index in [4.69, 9.17) is 0 Å². The van der Waals surface area contributed by atoms with Gasteiger partial charge in [-0.05, 0) is 6.08 Å². The van der Waals surface area contributed by atoms with Crippen LogP contribution in [0.15, 0.2) is 29.3 Å². The summed E-state index contributed by atoms with van der Waals surface area (Å²) in [7, 11) is 0. The molecule has 2 rings (SSSR count). The van der Waals surface area contributed by atoms with Gasteiger partial charge in [-0.1, -0.05) is 18.2 Å². The van der Waals surface area contributed by atoms with Crippen LogP contribution in [-0.4, -0.2) is 30.4 Å². The van der Waals surface area contributed by atoms with Crippen molar-refractivity contribution in [3.05, 3.63) is 24.3 Å². The highest BCUT2D eigenvalue weighted by Crippen LogP contribution is 2.12. The molecule has 0 radical (unpaired) electrons. The summed E-state index contributed by atoms with van der Waals surface area (Å²) in [6.45, 7) is 2.13. The maximum atomic E-state index is 4.39. The lowest BCUT2D eigenvalue weighted by Gasteiger charge is -2.23. The zero-order valence-electron chi connectivity index (χ0n) is 6.48. The monoisotopic (exact) mass is 148 g/mol. The molecule has 1 atom stereocenters. The maximum Gasteiger partial charge on any atom is 0.106 e. The second-order valence-corrected chi connectivity index (χ2v) is 2.87. The molecule has 11 heavy (non-hydrogen) atoms. The Hall–Kier alpha value is -0.890. The number of aliphatic imine (C=N–C) groups is 1. The Morgan fingerprint density at radius 3 is 2.64 bits per heavy atom. The fourth-order valence-corrected chi connectivity index (χ4v) is 1.45. The number of allylic oxidation sites excluding steroid dienone is 1. The zero-order chi connectivity index (χ0) is 7.52. The Bertz CT molecular complexity index is 208. The lowest BCUT2D eigenvalue weighted by molar-refractivity contribution is 0.261. The van der Waals surface area contributed by atoms with E-state index in [1.54, 1.807) is 0 Å². The lowest BCUT2D eigenvalue weighted by atomic mass is 10.2. The van der Waals surface area contributed by atoms with E-state index in [2.05, 4.69) is 28.1 Å². The van der Waals surface area contributed by atoms with Gasteiger partial charge >= 0.3 is 0 Å². The first-order valence-corrected chi connectivity index (χ1v) is 4.04. The van der Waals surface area contributed by atoms with E-state index in [-0.39, 0.29) is 0 Å². The van der Waals surface area contributed by atoms with E-state index in [0.29, 0.717) is 6.17 Å². The van der Waals surface area contributed by atoms with Crippen molar-refractivity contribution in [2.24, 2.45) is 4.99 Å². The first kappa shape index (κ1) is 6.80. The summed E-state index contributed by atoms with van der Waals surface area (Å²) in [6.07, 6.45) is 12.0. The van der Waals surface area contributed by atoms with E-state index in [9.17, 15) is 0 Å². The van der Waals surface area contributed by atoms with E-state index in [1.165, 1.54) is 0 Å². The van der Waals surface area contributed by atoms with Crippen LogP contribution in [0.25, 0.3) is 0 Å². The molecule has 0 spiro atoms. The van der Waals surface area contributed by atoms with Gasteiger partial charge in [-0.2, -0.15) is 0 Å². The molecule has 0 bridgehead atoms. The fraction of sp³-hybridized carbons (Fsp3) is 0.444. The van der Waals surface area contributed by atoms with E-state index >= 15 is 0 Å². The van der Waals surface area contributed by atoms with Crippen molar-refractivity contribution in [2.45, 2.75) is 12.6 Å². The second-order valence-electron chi connectivity index (χ2n) is 2.87. The van der Waals surface area contributed by atoms with E-state index in [1.807, 2.05) is 12.3 Å². The Morgan fingerprint density at radius 1 is 1.18 bits per heavy atom. The Labute approximate surface area is 66.9 Å². The van der Waals surface area contributed by atoms with Crippen LogP contribution in [0.5, 0.6) is 0 Å². The van der Waals surface area contributed by atoms with Crippen LogP contribution in [0.4, 0.5) is 0 Å². The van der Waals surface area contributed by atoms with E-state index in [0.717, 1.165) is 19.5 Å². The summed E-state index contributed by atoms with van der Waals surface area (Å²) >= 11 is 0. The summed E-state index contributed by atoms with van der Waals surface area (Å²) in [6, 6.07) is 0. The summed E-state index contributed by atoms with van der Waals surface area (Å²) in [4.78, 5) is 6.75. The largest absolute Gasteiger partial charge is 0.274 e. The molecular formula is C9H12N2. The Kier molecular flexibility index (Phi) is 1.86. The molecule has 0 fully saturated rings. The number of rotatable bonds is 1. The lowest BCUT2D eigenvalue weighted by Crippen LogP contribution is -2.31. The summed E-state index contributed by atoms with van der Waals surface area (Å²) < 4.78 is 0. The van der Waals surface area contributed by atoms with Gasteiger partial charge in [0.2, 0.25) is 0 Å². The molecule has 1 unspecified atom stereocenters.